The lowest BCUT2D eigenvalue weighted by molar-refractivity contribution is -0.355. The van der Waals surface area contributed by atoms with Gasteiger partial charge in [0, 0.05) is 7.11 Å². The Morgan fingerprint density at radius 3 is 1.03 bits per heavy atom. The first-order valence-corrected chi connectivity index (χ1v) is 22.7. The van der Waals surface area contributed by atoms with Crippen molar-refractivity contribution in [2.24, 2.45) is 0 Å². The lowest BCUT2D eigenvalue weighted by atomic mass is 9.96. The number of methoxy groups -OCH3 is 1. The van der Waals surface area contributed by atoms with Gasteiger partial charge in [0.2, 0.25) is 0 Å². The molecule has 0 spiro atoms. The van der Waals surface area contributed by atoms with Gasteiger partial charge in [-0.2, -0.15) is 0 Å². The van der Waals surface area contributed by atoms with E-state index in [2.05, 4.69) is 0 Å². The third-order valence-corrected chi connectivity index (χ3v) is 11.5. The highest BCUT2D eigenvalue weighted by Gasteiger charge is 2.57. The number of ether oxygens (including phenoxy) is 10. The van der Waals surface area contributed by atoms with Gasteiger partial charge in [0.05, 0.1) is 33.4 Å². The van der Waals surface area contributed by atoms with Crippen molar-refractivity contribution < 1.29 is 81.2 Å². The van der Waals surface area contributed by atoms with E-state index < -0.39 is 110 Å². The Kier molecular flexibility index (Phi) is 16.9. The van der Waals surface area contributed by atoms with Crippen LogP contribution in [-0.2, 0) is 47.4 Å². The molecule has 370 valence electrons. The van der Waals surface area contributed by atoms with Gasteiger partial charge in [-0.1, -0.05) is 109 Å². The van der Waals surface area contributed by atoms with Gasteiger partial charge in [0.25, 0.3) is 0 Å². The van der Waals surface area contributed by atoms with Crippen LogP contribution in [-0.4, -0.2) is 123 Å². The van der Waals surface area contributed by atoms with Gasteiger partial charge < -0.3 is 52.5 Å². The maximum absolute atomic E-state index is 14.1. The Bertz CT molecular complexity index is 2740. The van der Waals surface area contributed by atoms with Gasteiger partial charge in [-0.15, -0.1) is 0 Å². The Hall–Kier alpha value is -8.06. The predicted octanol–water partition coefficient (Wildman–Crippen LogP) is 6.45. The molecule has 1 N–H and O–H groups in total. The Labute approximate surface area is 413 Å². The monoisotopic (exact) mass is 980 g/mol. The number of hydrogen-bond acceptors (Lipinski definition) is 17. The third-order valence-electron chi connectivity index (χ3n) is 11.5. The molecule has 6 aromatic carbocycles. The highest BCUT2D eigenvalue weighted by atomic mass is 16.8. The molecule has 10 atom stereocenters. The van der Waals surface area contributed by atoms with Crippen molar-refractivity contribution in [2.75, 3.05) is 20.3 Å². The molecule has 0 aromatic heterocycles. The molecule has 0 unspecified atom stereocenters. The number of hydrogen-bond donors (Lipinski definition) is 1. The number of aliphatic hydroxyl groups excluding tert-OH is 1. The minimum atomic E-state index is -2.01. The minimum Gasteiger partial charge on any atom is -0.459 e. The number of aliphatic hydroxyl groups is 1. The number of rotatable bonds is 17. The summed E-state index contributed by atoms with van der Waals surface area (Å²) >= 11 is 0. The molecule has 17 heteroatoms. The molecule has 2 saturated heterocycles. The van der Waals surface area contributed by atoms with E-state index in [-0.39, 0.29) is 33.4 Å². The number of carbonyl (C=O) groups is 6. The fourth-order valence-corrected chi connectivity index (χ4v) is 7.88. The summed E-state index contributed by atoms with van der Waals surface area (Å²) < 4.78 is 61.0. The fraction of sp³-hybridized carbons (Fsp3) is 0.236. The van der Waals surface area contributed by atoms with Crippen LogP contribution >= 0.6 is 0 Å². The van der Waals surface area contributed by atoms with Crippen molar-refractivity contribution in [3.05, 3.63) is 215 Å². The topological polar surface area (TPSA) is 215 Å². The van der Waals surface area contributed by atoms with E-state index in [4.69, 9.17) is 47.4 Å². The Balaban J connectivity index is 1.22. The van der Waals surface area contributed by atoms with Crippen molar-refractivity contribution in [2.45, 2.75) is 61.4 Å². The molecule has 0 aliphatic carbocycles. The number of benzene rings is 6. The summed E-state index contributed by atoms with van der Waals surface area (Å²) in [5.74, 6) is -5.31. The number of esters is 6. The molecular formula is C55H48O17. The van der Waals surface area contributed by atoms with Crippen LogP contribution in [0.15, 0.2) is 182 Å². The average Bonchev–Trinajstić information content (AvgIpc) is 3.43. The van der Waals surface area contributed by atoms with Crippen LogP contribution in [0, 0.1) is 0 Å². The van der Waals surface area contributed by atoms with Gasteiger partial charge >= 0.3 is 35.8 Å². The van der Waals surface area contributed by atoms with E-state index in [1.165, 1.54) is 79.9 Å². The SMILES string of the molecule is CO[C@H]1O[C@H](COC(=O)c2ccccc2)[C@@H](OC(=O)c2ccccc2)[C@H](O[C@@H]2O[C@H](COC(=O)c3ccccc3)[C@@H](OC(=O)c3ccccc3)[C@H](O)[C@@H]2OC(=O)c2ccccc2)[C@@H]1OC(=O)c1ccccc1. The molecule has 17 nitrogen and oxygen atoms in total. The molecule has 2 aliphatic heterocycles. The molecule has 2 aliphatic rings. The summed E-state index contributed by atoms with van der Waals surface area (Å²) in [5.41, 5.74) is 0.628. The normalized spacial score (nSPS) is 23.6. The first-order chi connectivity index (χ1) is 35.1. The summed E-state index contributed by atoms with van der Waals surface area (Å²) in [7, 11) is 1.24. The van der Waals surface area contributed by atoms with Crippen LogP contribution in [0.1, 0.15) is 62.1 Å². The lowest BCUT2D eigenvalue weighted by Gasteiger charge is -2.48. The van der Waals surface area contributed by atoms with Crippen LogP contribution in [0.5, 0.6) is 0 Å². The number of carbonyl (C=O) groups excluding carboxylic acids is 6. The van der Waals surface area contributed by atoms with E-state index >= 15 is 0 Å². The van der Waals surface area contributed by atoms with E-state index in [0.717, 1.165) is 0 Å². The Morgan fingerprint density at radius 2 is 0.667 bits per heavy atom. The van der Waals surface area contributed by atoms with E-state index in [0.29, 0.717) is 0 Å². The Morgan fingerprint density at radius 1 is 0.375 bits per heavy atom. The summed E-state index contributed by atoms with van der Waals surface area (Å²) in [6.07, 6.45) is -17.4. The molecule has 8 rings (SSSR count). The average molecular weight is 981 g/mol. The lowest BCUT2D eigenvalue weighted by Crippen LogP contribution is -2.67. The van der Waals surface area contributed by atoms with Gasteiger partial charge in [-0.05, 0) is 72.8 Å². The molecular weight excluding hydrogens is 933 g/mol. The van der Waals surface area contributed by atoms with Crippen LogP contribution in [0.2, 0.25) is 0 Å². The zero-order valence-corrected chi connectivity index (χ0v) is 38.5. The van der Waals surface area contributed by atoms with Gasteiger partial charge in [0.15, 0.2) is 37.0 Å². The van der Waals surface area contributed by atoms with Crippen molar-refractivity contribution in [3.63, 3.8) is 0 Å². The van der Waals surface area contributed by atoms with Crippen LogP contribution in [0.3, 0.4) is 0 Å². The quantitative estimate of drug-likeness (QED) is 0.0768. The van der Waals surface area contributed by atoms with Crippen LogP contribution < -0.4 is 0 Å². The second-order valence-corrected chi connectivity index (χ2v) is 16.3. The van der Waals surface area contributed by atoms with E-state index in [1.54, 1.807) is 109 Å². The summed E-state index contributed by atoms with van der Waals surface area (Å²) in [4.78, 5) is 82.7. The van der Waals surface area contributed by atoms with Gasteiger partial charge in [0.1, 0.15) is 37.6 Å². The highest BCUT2D eigenvalue weighted by molar-refractivity contribution is 5.92. The molecule has 2 fully saturated rings. The maximum atomic E-state index is 14.1. The molecule has 0 amide bonds. The summed E-state index contributed by atoms with van der Waals surface area (Å²) in [6, 6.07) is 47.3. The van der Waals surface area contributed by atoms with Gasteiger partial charge in [-0.25, -0.2) is 28.8 Å². The predicted molar refractivity (Wildman–Crippen MR) is 251 cm³/mol. The maximum Gasteiger partial charge on any atom is 0.338 e. The summed E-state index contributed by atoms with van der Waals surface area (Å²) in [5, 5.41) is 12.5. The zero-order chi connectivity index (χ0) is 50.4. The highest BCUT2D eigenvalue weighted by Crippen LogP contribution is 2.36. The van der Waals surface area contributed by atoms with Crippen LogP contribution in [0.4, 0.5) is 0 Å². The van der Waals surface area contributed by atoms with Crippen molar-refractivity contribution >= 4 is 35.8 Å². The van der Waals surface area contributed by atoms with E-state index in [9.17, 15) is 33.9 Å². The standard InChI is InChI=1S/C55H48O17/c1-63-54-47(71-53(62)39-30-18-7-19-31-39)46(44(69-51(60)37-26-14-5-15-27-37)41(66-54)33-65-49(58)35-22-10-3-11-23-35)72-55-45(70-52(61)38-28-16-6-17-29-38)42(56)43(68-50(59)36-24-12-4-13-25-36)40(67-55)32-64-48(57)34-20-8-2-9-21-34/h2-31,40-47,54-56H,32-33H2,1H3/t40-,41-,42+,43-,44-,45+,46+,47+,54+,55+/m1/s1. The molecule has 2 heterocycles. The molecule has 0 saturated carbocycles. The third kappa shape index (κ3) is 12.4. The first-order valence-electron chi connectivity index (χ1n) is 22.7. The van der Waals surface area contributed by atoms with Crippen molar-refractivity contribution in [1.29, 1.82) is 0 Å². The molecule has 0 bridgehead atoms. The fourth-order valence-electron chi connectivity index (χ4n) is 7.88. The van der Waals surface area contributed by atoms with E-state index in [1.807, 2.05) is 0 Å². The minimum absolute atomic E-state index is 0.0374. The molecule has 72 heavy (non-hydrogen) atoms. The molecule has 6 aromatic rings. The smallest absolute Gasteiger partial charge is 0.338 e. The summed E-state index contributed by atoms with van der Waals surface area (Å²) in [6.45, 7) is -1.28. The van der Waals surface area contributed by atoms with Crippen molar-refractivity contribution in [1.82, 2.24) is 0 Å². The second-order valence-electron chi connectivity index (χ2n) is 16.3. The van der Waals surface area contributed by atoms with Gasteiger partial charge in [-0.3, -0.25) is 0 Å². The second kappa shape index (κ2) is 24.2. The first kappa shape index (κ1) is 50.3. The largest absolute Gasteiger partial charge is 0.459 e. The van der Waals surface area contributed by atoms with Crippen LogP contribution in [0.25, 0.3) is 0 Å². The zero-order valence-electron chi connectivity index (χ0n) is 38.5. The van der Waals surface area contributed by atoms with Crippen molar-refractivity contribution in [3.8, 4) is 0 Å². The molecule has 0 radical (unpaired) electrons.